The SMILES string of the molecule is O=C1CN(S(=O)(=O)c2ccc(-c3ccc(Cl)cc3)s2)CCN1CC1CCNCC1. The second kappa shape index (κ2) is 8.73. The van der Waals surface area contributed by atoms with Crippen LogP contribution in [0.1, 0.15) is 12.8 Å². The molecule has 0 atom stereocenters. The molecule has 2 saturated heterocycles. The first-order valence-electron chi connectivity index (χ1n) is 9.78. The smallest absolute Gasteiger partial charge is 0.253 e. The van der Waals surface area contributed by atoms with Gasteiger partial charge in [-0.15, -0.1) is 11.3 Å². The van der Waals surface area contributed by atoms with Crippen molar-refractivity contribution in [3.63, 3.8) is 0 Å². The first kappa shape index (κ1) is 20.8. The van der Waals surface area contributed by atoms with Gasteiger partial charge in [0.05, 0.1) is 6.54 Å². The number of benzene rings is 1. The van der Waals surface area contributed by atoms with E-state index in [9.17, 15) is 13.2 Å². The molecule has 29 heavy (non-hydrogen) atoms. The van der Waals surface area contributed by atoms with Gasteiger partial charge in [0.2, 0.25) is 5.91 Å². The highest BCUT2D eigenvalue weighted by molar-refractivity contribution is 7.91. The molecule has 3 heterocycles. The van der Waals surface area contributed by atoms with Crippen LogP contribution >= 0.6 is 22.9 Å². The zero-order valence-corrected chi connectivity index (χ0v) is 18.4. The third kappa shape index (κ3) is 4.67. The Kier molecular flexibility index (Phi) is 6.27. The van der Waals surface area contributed by atoms with Crippen molar-refractivity contribution >= 4 is 38.9 Å². The molecular formula is C20H24ClN3O3S2. The van der Waals surface area contributed by atoms with Crippen LogP contribution in [0.5, 0.6) is 0 Å². The number of thiophene rings is 1. The molecule has 0 unspecified atom stereocenters. The third-order valence-corrected chi connectivity index (χ3v) is 9.22. The van der Waals surface area contributed by atoms with Crippen LogP contribution in [0.3, 0.4) is 0 Å². The molecule has 4 rings (SSSR count). The third-order valence-electron chi connectivity index (χ3n) is 5.53. The lowest BCUT2D eigenvalue weighted by Gasteiger charge is -2.36. The minimum absolute atomic E-state index is 0.0819. The lowest BCUT2D eigenvalue weighted by atomic mass is 9.97. The first-order chi connectivity index (χ1) is 13.9. The number of piperidine rings is 1. The molecule has 0 aliphatic carbocycles. The number of piperazine rings is 1. The molecule has 0 radical (unpaired) electrons. The Labute approximate surface area is 180 Å². The highest BCUT2D eigenvalue weighted by atomic mass is 35.5. The van der Waals surface area contributed by atoms with E-state index in [2.05, 4.69) is 5.32 Å². The van der Waals surface area contributed by atoms with Gasteiger partial charge in [-0.1, -0.05) is 23.7 Å². The summed E-state index contributed by atoms with van der Waals surface area (Å²) in [7, 11) is -3.68. The predicted molar refractivity (Wildman–Crippen MR) is 116 cm³/mol. The van der Waals surface area contributed by atoms with Crippen molar-refractivity contribution in [3.05, 3.63) is 41.4 Å². The zero-order chi connectivity index (χ0) is 20.4. The first-order valence-corrected chi connectivity index (χ1v) is 12.4. The number of halogens is 1. The summed E-state index contributed by atoms with van der Waals surface area (Å²) in [5, 5.41) is 3.97. The van der Waals surface area contributed by atoms with Gasteiger partial charge in [-0.05, 0) is 61.7 Å². The molecule has 2 aliphatic rings. The number of hydrogen-bond donors (Lipinski definition) is 1. The number of nitrogens with one attached hydrogen (secondary N) is 1. The number of nitrogens with zero attached hydrogens (tertiary/aromatic N) is 2. The van der Waals surface area contributed by atoms with Gasteiger partial charge in [-0.3, -0.25) is 4.79 Å². The molecule has 0 bridgehead atoms. The minimum atomic E-state index is -3.68. The standard InChI is InChI=1S/C20H24ClN3O3S2/c21-17-3-1-16(2-4-17)18-5-6-20(28-18)29(26,27)24-12-11-23(19(25)14-24)13-15-7-9-22-10-8-15/h1-6,15,22H,7-14H2. The largest absolute Gasteiger partial charge is 0.340 e. The van der Waals surface area contributed by atoms with Gasteiger partial charge in [0.15, 0.2) is 0 Å². The highest BCUT2D eigenvalue weighted by Gasteiger charge is 2.34. The van der Waals surface area contributed by atoms with Crippen molar-refractivity contribution in [3.8, 4) is 10.4 Å². The van der Waals surface area contributed by atoms with Crippen LogP contribution in [-0.2, 0) is 14.8 Å². The van der Waals surface area contributed by atoms with Crippen molar-refractivity contribution in [2.75, 3.05) is 39.3 Å². The quantitative estimate of drug-likeness (QED) is 0.755. The fourth-order valence-corrected chi connectivity index (χ4v) is 6.79. The monoisotopic (exact) mass is 453 g/mol. The Balaban J connectivity index is 1.43. The summed E-state index contributed by atoms with van der Waals surface area (Å²) in [5.41, 5.74) is 0.920. The number of carbonyl (C=O) groups is 1. The molecule has 1 N–H and O–H groups in total. The summed E-state index contributed by atoms with van der Waals surface area (Å²) < 4.78 is 27.7. The average Bonchev–Trinajstić information content (AvgIpc) is 3.22. The second-order valence-electron chi connectivity index (χ2n) is 7.50. The van der Waals surface area contributed by atoms with Gasteiger partial charge in [0.1, 0.15) is 4.21 Å². The van der Waals surface area contributed by atoms with Crippen LogP contribution in [0.4, 0.5) is 0 Å². The molecule has 2 aromatic rings. The van der Waals surface area contributed by atoms with Gasteiger partial charge >= 0.3 is 0 Å². The molecule has 1 amide bonds. The Bertz CT molecular complexity index is 969. The maximum absolute atomic E-state index is 13.1. The lowest BCUT2D eigenvalue weighted by Crippen LogP contribution is -2.53. The summed E-state index contributed by atoms with van der Waals surface area (Å²) in [4.78, 5) is 15.3. The van der Waals surface area contributed by atoms with Gasteiger partial charge in [-0.2, -0.15) is 4.31 Å². The molecule has 156 valence electrons. The number of rotatable bonds is 5. The summed E-state index contributed by atoms with van der Waals surface area (Å²) >= 11 is 7.15. The van der Waals surface area contributed by atoms with Crippen molar-refractivity contribution in [2.45, 2.75) is 17.1 Å². The second-order valence-corrected chi connectivity index (χ2v) is 11.2. The van der Waals surface area contributed by atoms with Crippen LogP contribution in [0.25, 0.3) is 10.4 Å². The maximum atomic E-state index is 13.1. The Morgan fingerprint density at radius 2 is 1.79 bits per heavy atom. The van der Waals surface area contributed by atoms with E-state index >= 15 is 0 Å². The molecule has 1 aromatic heterocycles. The van der Waals surface area contributed by atoms with E-state index in [1.54, 1.807) is 24.3 Å². The summed E-state index contributed by atoms with van der Waals surface area (Å²) in [5.74, 6) is 0.399. The Morgan fingerprint density at radius 1 is 1.07 bits per heavy atom. The normalized spacial score (nSPS) is 19.6. The molecule has 0 saturated carbocycles. The van der Waals surface area contributed by atoms with E-state index in [1.807, 2.05) is 17.0 Å². The van der Waals surface area contributed by atoms with Crippen molar-refractivity contribution in [1.82, 2.24) is 14.5 Å². The Hall–Kier alpha value is -1.45. The van der Waals surface area contributed by atoms with Gasteiger partial charge in [0, 0.05) is 29.5 Å². The van der Waals surface area contributed by atoms with Crippen LogP contribution < -0.4 is 5.32 Å². The number of hydrogen-bond acceptors (Lipinski definition) is 5. The minimum Gasteiger partial charge on any atom is -0.340 e. The van der Waals surface area contributed by atoms with Crippen LogP contribution in [-0.4, -0.2) is 62.8 Å². The molecule has 2 fully saturated rings. The molecule has 6 nitrogen and oxygen atoms in total. The number of amides is 1. The molecule has 0 spiro atoms. The topological polar surface area (TPSA) is 69.7 Å². The van der Waals surface area contributed by atoms with Gasteiger partial charge < -0.3 is 10.2 Å². The van der Waals surface area contributed by atoms with Gasteiger partial charge in [-0.25, -0.2) is 8.42 Å². The fraction of sp³-hybridized carbons (Fsp3) is 0.450. The van der Waals surface area contributed by atoms with Crippen LogP contribution in [0.2, 0.25) is 5.02 Å². The number of carbonyl (C=O) groups excluding carboxylic acids is 1. The molecule has 9 heteroatoms. The van der Waals surface area contributed by atoms with E-state index in [0.717, 1.165) is 42.9 Å². The summed E-state index contributed by atoms with van der Waals surface area (Å²) in [6.07, 6.45) is 2.13. The van der Waals surface area contributed by atoms with E-state index in [0.29, 0.717) is 24.0 Å². The zero-order valence-electron chi connectivity index (χ0n) is 16.0. The van der Waals surface area contributed by atoms with E-state index in [1.165, 1.54) is 15.6 Å². The van der Waals surface area contributed by atoms with E-state index in [4.69, 9.17) is 11.6 Å². The lowest BCUT2D eigenvalue weighted by molar-refractivity contribution is -0.134. The maximum Gasteiger partial charge on any atom is 0.253 e. The summed E-state index contributed by atoms with van der Waals surface area (Å²) in [6, 6.07) is 10.7. The van der Waals surface area contributed by atoms with Crippen molar-refractivity contribution < 1.29 is 13.2 Å². The van der Waals surface area contributed by atoms with Crippen molar-refractivity contribution in [1.29, 1.82) is 0 Å². The van der Waals surface area contributed by atoms with Gasteiger partial charge in [0.25, 0.3) is 10.0 Å². The fourth-order valence-electron chi connectivity index (χ4n) is 3.82. The predicted octanol–water partition coefficient (Wildman–Crippen LogP) is 2.90. The van der Waals surface area contributed by atoms with Crippen LogP contribution in [0, 0.1) is 5.92 Å². The summed E-state index contributed by atoms with van der Waals surface area (Å²) in [6.45, 7) is 3.42. The molecule has 2 aliphatic heterocycles. The van der Waals surface area contributed by atoms with E-state index in [-0.39, 0.29) is 16.7 Å². The average molecular weight is 454 g/mol. The van der Waals surface area contributed by atoms with Crippen LogP contribution in [0.15, 0.2) is 40.6 Å². The van der Waals surface area contributed by atoms with Crippen molar-refractivity contribution in [2.24, 2.45) is 5.92 Å². The highest BCUT2D eigenvalue weighted by Crippen LogP contribution is 2.33. The number of sulfonamides is 1. The Morgan fingerprint density at radius 3 is 2.48 bits per heavy atom. The molecular weight excluding hydrogens is 430 g/mol. The van der Waals surface area contributed by atoms with E-state index < -0.39 is 10.0 Å². The molecule has 1 aromatic carbocycles.